The molecule has 1 heterocycles. The average molecular weight is 296 g/mol. The van der Waals surface area contributed by atoms with Gasteiger partial charge in [0, 0.05) is 25.2 Å². The summed E-state index contributed by atoms with van der Waals surface area (Å²) in [6, 6.07) is 1.22. The predicted molar refractivity (Wildman–Crippen MR) is 85.2 cm³/mol. The van der Waals surface area contributed by atoms with E-state index in [1.807, 2.05) is 0 Å². The first-order chi connectivity index (χ1) is 10.1. The van der Waals surface area contributed by atoms with Gasteiger partial charge in [-0.2, -0.15) is 0 Å². The molecule has 0 aromatic carbocycles. The highest BCUT2D eigenvalue weighted by Crippen LogP contribution is 2.26. The van der Waals surface area contributed by atoms with Crippen molar-refractivity contribution >= 4 is 5.97 Å². The number of methoxy groups -OCH3 is 1. The maximum absolute atomic E-state index is 11.6. The Bertz CT molecular complexity index is 327. The van der Waals surface area contributed by atoms with Gasteiger partial charge in [0.05, 0.1) is 13.7 Å². The zero-order valence-corrected chi connectivity index (χ0v) is 13.9. The van der Waals surface area contributed by atoms with Gasteiger partial charge in [-0.3, -0.25) is 9.69 Å². The van der Waals surface area contributed by atoms with Crippen LogP contribution in [0.3, 0.4) is 0 Å². The second-order valence-corrected chi connectivity index (χ2v) is 7.21. The first-order valence-electron chi connectivity index (χ1n) is 8.63. The number of ether oxygens (including phenoxy) is 1. The third kappa shape index (κ3) is 5.26. The molecule has 0 aromatic heterocycles. The summed E-state index contributed by atoms with van der Waals surface area (Å²) in [6.07, 6.45) is 8.01. The summed E-state index contributed by atoms with van der Waals surface area (Å²) in [5.74, 6) is 1.22. The third-order valence-corrected chi connectivity index (χ3v) is 5.16. The smallest absolute Gasteiger partial charge is 0.319 e. The zero-order chi connectivity index (χ0) is 15.2. The standard InChI is InChI=1S/C17H32N2O2/c1-13(2)14-9-16(18-15-7-5-4-6-8-15)11-19(10-14)12-17(20)21-3/h13-16,18H,4-12H2,1-3H3. The van der Waals surface area contributed by atoms with Crippen LogP contribution in [0.1, 0.15) is 52.4 Å². The van der Waals surface area contributed by atoms with Crippen LogP contribution < -0.4 is 5.32 Å². The molecule has 4 heteroatoms. The van der Waals surface area contributed by atoms with Crippen molar-refractivity contribution in [3.8, 4) is 0 Å². The Hall–Kier alpha value is -0.610. The molecule has 4 nitrogen and oxygen atoms in total. The molecule has 1 aliphatic carbocycles. The molecule has 0 radical (unpaired) electrons. The molecule has 1 saturated heterocycles. The van der Waals surface area contributed by atoms with Gasteiger partial charge in [-0.25, -0.2) is 0 Å². The fraction of sp³-hybridized carbons (Fsp3) is 0.941. The van der Waals surface area contributed by atoms with Gasteiger partial charge >= 0.3 is 5.97 Å². The highest BCUT2D eigenvalue weighted by atomic mass is 16.5. The second kappa shape index (κ2) is 8.14. The highest BCUT2D eigenvalue weighted by Gasteiger charge is 2.31. The first-order valence-corrected chi connectivity index (χ1v) is 8.63. The molecule has 0 spiro atoms. The van der Waals surface area contributed by atoms with Crippen molar-refractivity contribution in [2.24, 2.45) is 11.8 Å². The van der Waals surface area contributed by atoms with Crippen LogP contribution in [-0.2, 0) is 9.53 Å². The van der Waals surface area contributed by atoms with Crippen molar-refractivity contribution in [3.63, 3.8) is 0 Å². The van der Waals surface area contributed by atoms with E-state index in [0.29, 0.717) is 30.5 Å². The minimum Gasteiger partial charge on any atom is -0.468 e. The molecule has 2 fully saturated rings. The summed E-state index contributed by atoms with van der Waals surface area (Å²) in [7, 11) is 1.48. The van der Waals surface area contributed by atoms with Crippen LogP contribution in [0.15, 0.2) is 0 Å². The SMILES string of the molecule is COC(=O)CN1CC(NC2CCCCC2)CC(C(C)C)C1. The van der Waals surface area contributed by atoms with Gasteiger partial charge < -0.3 is 10.1 Å². The van der Waals surface area contributed by atoms with Crippen molar-refractivity contribution in [3.05, 3.63) is 0 Å². The summed E-state index contributed by atoms with van der Waals surface area (Å²) in [5, 5.41) is 3.87. The van der Waals surface area contributed by atoms with Crippen molar-refractivity contribution < 1.29 is 9.53 Å². The van der Waals surface area contributed by atoms with E-state index >= 15 is 0 Å². The van der Waals surface area contributed by atoms with Gasteiger partial charge in [0.2, 0.25) is 0 Å². The number of carbonyl (C=O) groups excluding carboxylic acids is 1. The predicted octanol–water partition coefficient (Wildman–Crippen LogP) is 2.43. The quantitative estimate of drug-likeness (QED) is 0.791. The van der Waals surface area contributed by atoms with Crippen molar-refractivity contribution in [1.29, 1.82) is 0 Å². The molecule has 2 unspecified atom stereocenters. The average Bonchev–Trinajstić information content (AvgIpc) is 2.47. The lowest BCUT2D eigenvalue weighted by molar-refractivity contribution is -0.142. The molecule has 0 amide bonds. The van der Waals surface area contributed by atoms with E-state index in [2.05, 4.69) is 24.1 Å². The van der Waals surface area contributed by atoms with Gasteiger partial charge in [0.15, 0.2) is 0 Å². The Balaban J connectivity index is 1.90. The van der Waals surface area contributed by atoms with E-state index in [1.54, 1.807) is 0 Å². The lowest BCUT2D eigenvalue weighted by Crippen LogP contribution is -2.54. The van der Waals surface area contributed by atoms with Crippen LogP contribution in [0.2, 0.25) is 0 Å². The Morgan fingerprint density at radius 3 is 2.52 bits per heavy atom. The largest absolute Gasteiger partial charge is 0.468 e. The van der Waals surface area contributed by atoms with Crippen molar-refractivity contribution in [2.75, 3.05) is 26.7 Å². The number of nitrogens with one attached hydrogen (secondary N) is 1. The summed E-state index contributed by atoms with van der Waals surface area (Å²) in [4.78, 5) is 13.8. The fourth-order valence-electron chi connectivity index (χ4n) is 3.81. The van der Waals surface area contributed by atoms with Crippen LogP contribution in [0, 0.1) is 11.8 Å². The van der Waals surface area contributed by atoms with Gasteiger partial charge in [-0.15, -0.1) is 0 Å². The number of nitrogens with zero attached hydrogens (tertiary/aromatic N) is 1. The second-order valence-electron chi connectivity index (χ2n) is 7.21. The Morgan fingerprint density at radius 1 is 1.19 bits per heavy atom. The maximum atomic E-state index is 11.6. The molecule has 1 N–H and O–H groups in total. The molecule has 1 aliphatic heterocycles. The zero-order valence-electron chi connectivity index (χ0n) is 13.9. The molecule has 2 rings (SSSR count). The monoisotopic (exact) mass is 296 g/mol. The first kappa shape index (κ1) is 16.8. The minimum absolute atomic E-state index is 0.115. The summed E-state index contributed by atoms with van der Waals surface area (Å²) in [6.45, 7) is 7.03. The topological polar surface area (TPSA) is 41.6 Å². The molecular weight excluding hydrogens is 264 g/mol. The van der Waals surface area contributed by atoms with Crippen LogP contribution in [0.4, 0.5) is 0 Å². The van der Waals surface area contributed by atoms with Gasteiger partial charge in [-0.05, 0) is 31.1 Å². The molecule has 0 bridgehead atoms. The number of likely N-dealkylation sites (tertiary alicyclic amines) is 1. The van der Waals surface area contributed by atoms with Gasteiger partial charge in [-0.1, -0.05) is 33.1 Å². The maximum Gasteiger partial charge on any atom is 0.319 e. The number of hydrogen-bond donors (Lipinski definition) is 1. The van der Waals surface area contributed by atoms with E-state index in [9.17, 15) is 4.79 Å². The number of carbonyl (C=O) groups is 1. The van der Waals surface area contributed by atoms with E-state index in [-0.39, 0.29) is 5.97 Å². The normalized spacial score (nSPS) is 28.8. The Morgan fingerprint density at radius 2 is 1.90 bits per heavy atom. The summed E-state index contributed by atoms with van der Waals surface area (Å²) < 4.78 is 4.83. The molecule has 1 saturated carbocycles. The Labute approximate surface area is 129 Å². The lowest BCUT2D eigenvalue weighted by atomic mass is 9.84. The number of rotatable bonds is 5. The van der Waals surface area contributed by atoms with E-state index in [0.717, 1.165) is 13.1 Å². The molecule has 2 aliphatic rings. The van der Waals surface area contributed by atoms with E-state index in [1.165, 1.54) is 45.6 Å². The van der Waals surface area contributed by atoms with Crippen molar-refractivity contribution in [1.82, 2.24) is 10.2 Å². The lowest BCUT2D eigenvalue weighted by Gasteiger charge is -2.41. The van der Waals surface area contributed by atoms with Crippen LogP contribution in [0.25, 0.3) is 0 Å². The van der Waals surface area contributed by atoms with Crippen LogP contribution in [-0.4, -0.2) is 49.7 Å². The fourth-order valence-corrected chi connectivity index (χ4v) is 3.81. The number of hydrogen-bond acceptors (Lipinski definition) is 4. The van der Waals surface area contributed by atoms with Gasteiger partial charge in [0.1, 0.15) is 0 Å². The van der Waals surface area contributed by atoms with E-state index < -0.39 is 0 Å². The summed E-state index contributed by atoms with van der Waals surface area (Å²) >= 11 is 0. The summed E-state index contributed by atoms with van der Waals surface area (Å²) in [5.41, 5.74) is 0. The van der Waals surface area contributed by atoms with E-state index in [4.69, 9.17) is 4.74 Å². The number of esters is 1. The molecule has 21 heavy (non-hydrogen) atoms. The highest BCUT2D eigenvalue weighted by molar-refractivity contribution is 5.71. The Kier molecular flexibility index (Phi) is 6.49. The van der Waals surface area contributed by atoms with Crippen LogP contribution in [0.5, 0.6) is 0 Å². The molecule has 0 aromatic rings. The van der Waals surface area contributed by atoms with Crippen LogP contribution >= 0.6 is 0 Å². The van der Waals surface area contributed by atoms with Gasteiger partial charge in [0.25, 0.3) is 0 Å². The van der Waals surface area contributed by atoms with Crippen molar-refractivity contribution in [2.45, 2.75) is 64.5 Å². The molecule has 122 valence electrons. The third-order valence-electron chi connectivity index (χ3n) is 5.16. The molecule has 2 atom stereocenters. The number of piperidine rings is 1. The molecular formula is C17H32N2O2. The minimum atomic E-state index is -0.115.